The Morgan fingerprint density at radius 2 is 1.85 bits per heavy atom. The van der Waals surface area contributed by atoms with Crippen molar-refractivity contribution < 1.29 is 0 Å². The molecule has 0 spiro atoms. The van der Waals surface area contributed by atoms with E-state index in [0.29, 0.717) is 0 Å². The molecule has 0 saturated carbocycles. The predicted molar refractivity (Wildman–Crippen MR) is 85.4 cm³/mol. The molecule has 2 heterocycles. The van der Waals surface area contributed by atoms with Crippen LogP contribution in [-0.2, 0) is 17.4 Å². The summed E-state index contributed by atoms with van der Waals surface area (Å²) in [6.45, 7) is 14.3. The van der Waals surface area contributed by atoms with Crippen molar-refractivity contribution in [1.82, 2.24) is 14.5 Å². The van der Waals surface area contributed by atoms with Crippen molar-refractivity contribution in [2.45, 2.75) is 65.3 Å². The highest BCUT2D eigenvalue weighted by Gasteiger charge is 2.26. The molecule has 0 fully saturated rings. The first-order valence-corrected chi connectivity index (χ1v) is 8.02. The normalized spacial score (nSPS) is 12.9. The predicted octanol–water partition coefficient (Wildman–Crippen LogP) is 4.31. The minimum Gasteiger partial charge on any atom is -0.334 e. The molecule has 0 amide bonds. The van der Waals surface area contributed by atoms with Gasteiger partial charge in [-0.05, 0) is 13.3 Å². The van der Waals surface area contributed by atoms with E-state index in [2.05, 4.69) is 62.3 Å². The van der Waals surface area contributed by atoms with E-state index in [-0.39, 0.29) is 10.8 Å². The molecule has 2 rings (SSSR count). The number of hydrogen-bond donors (Lipinski definition) is 0. The molecule has 0 bridgehead atoms. The van der Waals surface area contributed by atoms with Crippen molar-refractivity contribution in [1.29, 1.82) is 0 Å². The molecule has 2 aromatic rings. The topological polar surface area (TPSA) is 30.7 Å². The van der Waals surface area contributed by atoms with E-state index in [9.17, 15) is 0 Å². The molecule has 0 N–H and O–H groups in total. The van der Waals surface area contributed by atoms with Crippen LogP contribution in [0.4, 0.5) is 0 Å². The number of imidazole rings is 1. The van der Waals surface area contributed by atoms with Crippen molar-refractivity contribution in [3.8, 4) is 0 Å². The molecule has 3 nitrogen and oxygen atoms in total. The zero-order valence-electron chi connectivity index (χ0n) is 13.4. The fraction of sp³-hybridized carbons (Fsp3) is 0.625. The second kappa shape index (κ2) is 5.32. The van der Waals surface area contributed by atoms with Gasteiger partial charge in [0.15, 0.2) is 0 Å². The highest BCUT2D eigenvalue weighted by molar-refractivity contribution is 7.09. The van der Waals surface area contributed by atoms with Crippen molar-refractivity contribution in [3.63, 3.8) is 0 Å². The van der Waals surface area contributed by atoms with Crippen LogP contribution in [0, 0.1) is 6.92 Å². The number of rotatable bonds is 4. The smallest absolute Gasteiger partial charge is 0.114 e. The number of hydrogen-bond acceptors (Lipinski definition) is 3. The zero-order chi connectivity index (χ0) is 15.0. The quantitative estimate of drug-likeness (QED) is 0.840. The summed E-state index contributed by atoms with van der Waals surface area (Å²) in [5.41, 5.74) is 3.37. The third-order valence-electron chi connectivity index (χ3n) is 3.75. The minimum atomic E-state index is 0.0875. The van der Waals surface area contributed by atoms with Crippen LogP contribution >= 0.6 is 11.3 Å². The van der Waals surface area contributed by atoms with E-state index < -0.39 is 0 Å². The average Bonchev–Trinajstić information content (AvgIpc) is 2.93. The molecule has 0 aliphatic rings. The van der Waals surface area contributed by atoms with Crippen LogP contribution in [0.2, 0.25) is 0 Å². The van der Waals surface area contributed by atoms with Crippen LogP contribution in [0.3, 0.4) is 0 Å². The Balaban J connectivity index is 2.13. The number of nitrogens with zero attached hydrogens (tertiary/aromatic N) is 3. The Hall–Kier alpha value is -1.16. The first kappa shape index (κ1) is 15.2. The van der Waals surface area contributed by atoms with E-state index in [1.807, 2.05) is 11.7 Å². The second-order valence-electron chi connectivity index (χ2n) is 7.09. The molecular formula is C16H25N3S. The van der Waals surface area contributed by atoms with Gasteiger partial charge in [-0.25, -0.2) is 9.97 Å². The maximum absolute atomic E-state index is 4.55. The van der Waals surface area contributed by atoms with E-state index in [1.165, 1.54) is 10.6 Å². The largest absolute Gasteiger partial charge is 0.334 e. The highest BCUT2D eigenvalue weighted by atomic mass is 32.1. The van der Waals surface area contributed by atoms with E-state index >= 15 is 0 Å². The maximum Gasteiger partial charge on any atom is 0.114 e. The Morgan fingerprint density at radius 3 is 2.40 bits per heavy atom. The Kier molecular flexibility index (Phi) is 4.05. The lowest BCUT2D eigenvalue weighted by atomic mass is 9.85. The van der Waals surface area contributed by atoms with Crippen molar-refractivity contribution >= 4 is 11.3 Å². The first-order valence-electron chi connectivity index (χ1n) is 7.14. The van der Waals surface area contributed by atoms with Gasteiger partial charge in [-0.1, -0.05) is 34.6 Å². The molecule has 0 unspecified atom stereocenters. The van der Waals surface area contributed by atoms with Gasteiger partial charge in [-0.15, -0.1) is 11.3 Å². The molecule has 110 valence electrons. The van der Waals surface area contributed by atoms with Crippen molar-refractivity contribution in [3.05, 3.63) is 34.3 Å². The molecule has 0 aliphatic heterocycles. The number of thiazole rings is 1. The summed E-state index contributed by atoms with van der Waals surface area (Å²) in [4.78, 5) is 10.4. The van der Waals surface area contributed by atoms with Gasteiger partial charge < -0.3 is 4.57 Å². The molecule has 4 heteroatoms. The lowest BCUT2D eigenvalue weighted by Gasteiger charge is -2.26. The molecule has 0 radical (unpaired) electrons. The molecular weight excluding hydrogens is 266 g/mol. The van der Waals surface area contributed by atoms with Gasteiger partial charge in [0.1, 0.15) is 5.82 Å². The summed E-state index contributed by atoms with van der Waals surface area (Å²) in [5, 5.41) is 0. The average molecular weight is 291 g/mol. The Morgan fingerprint density at radius 1 is 1.15 bits per heavy atom. The van der Waals surface area contributed by atoms with Crippen molar-refractivity contribution in [2.75, 3.05) is 0 Å². The van der Waals surface area contributed by atoms with Crippen LogP contribution < -0.4 is 0 Å². The molecule has 0 atom stereocenters. The van der Waals surface area contributed by atoms with E-state index in [1.54, 1.807) is 11.3 Å². The molecule has 0 saturated heterocycles. The van der Waals surface area contributed by atoms with Crippen LogP contribution in [0.25, 0.3) is 0 Å². The molecule has 0 aliphatic carbocycles. The standard InChI is InChI=1S/C16H25N3S/c1-12-13(18-11-20-12)16(5,6)7-9-19-10-8-17-14(19)15(2,3)4/h8,10-11H,7,9H2,1-6H3. The minimum absolute atomic E-state index is 0.0875. The Bertz CT molecular complexity index is 573. The SMILES string of the molecule is Cc1scnc1C(C)(C)CCn1ccnc1C(C)(C)C. The van der Waals surface area contributed by atoms with Gasteiger partial charge >= 0.3 is 0 Å². The van der Waals surface area contributed by atoms with Gasteiger partial charge in [-0.2, -0.15) is 0 Å². The lowest BCUT2D eigenvalue weighted by molar-refractivity contribution is 0.406. The van der Waals surface area contributed by atoms with E-state index in [0.717, 1.165) is 18.8 Å². The lowest BCUT2D eigenvalue weighted by Crippen LogP contribution is -2.24. The summed E-state index contributed by atoms with van der Waals surface area (Å²) >= 11 is 1.73. The van der Waals surface area contributed by atoms with Gasteiger partial charge in [0.2, 0.25) is 0 Å². The number of aryl methyl sites for hydroxylation is 2. The third kappa shape index (κ3) is 3.11. The van der Waals surface area contributed by atoms with Crippen LogP contribution in [-0.4, -0.2) is 14.5 Å². The molecule has 20 heavy (non-hydrogen) atoms. The third-order valence-corrected chi connectivity index (χ3v) is 4.51. The van der Waals surface area contributed by atoms with Crippen LogP contribution in [0.1, 0.15) is 57.4 Å². The summed E-state index contributed by atoms with van der Waals surface area (Å²) < 4.78 is 2.28. The fourth-order valence-electron chi connectivity index (χ4n) is 2.61. The Labute approximate surface area is 126 Å². The van der Waals surface area contributed by atoms with Gasteiger partial charge in [-0.3, -0.25) is 0 Å². The van der Waals surface area contributed by atoms with Crippen LogP contribution in [0.15, 0.2) is 17.9 Å². The summed E-state index contributed by atoms with van der Waals surface area (Å²) in [7, 11) is 0. The van der Waals surface area contributed by atoms with Crippen molar-refractivity contribution in [2.24, 2.45) is 0 Å². The summed E-state index contributed by atoms with van der Waals surface area (Å²) in [6, 6.07) is 0. The second-order valence-corrected chi connectivity index (χ2v) is 8.14. The first-order chi connectivity index (χ1) is 9.22. The zero-order valence-corrected chi connectivity index (χ0v) is 14.2. The van der Waals surface area contributed by atoms with E-state index in [4.69, 9.17) is 0 Å². The molecule has 2 aromatic heterocycles. The maximum atomic E-state index is 4.55. The fourth-order valence-corrected chi connectivity index (χ4v) is 3.37. The molecule has 0 aromatic carbocycles. The van der Waals surface area contributed by atoms with Gasteiger partial charge in [0.05, 0.1) is 11.2 Å². The van der Waals surface area contributed by atoms with Gasteiger partial charge in [0.25, 0.3) is 0 Å². The monoisotopic (exact) mass is 291 g/mol. The van der Waals surface area contributed by atoms with Crippen LogP contribution in [0.5, 0.6) is 0 Å². The summed E-state index contributed by atoms with van der Waals surface area (Å²) in [5.74, 6) is 1.16. The van der Waals surface area contributed by atoms with Gasteiger partial charge in [0, 0.05) is 34.6 Å². The number of aromatic nitrogens is 3. The highest BCUT2D eigenvalue weighted by Crippen LogP contribution is 2.31. The summed E-state index contributed by atoms with van der Waals surface area (Å²) in [6.07, 6.45) is 5.06.